The van der Waals surface area contributed by atoms with Gasteiger partial charge in [0.1, 0.15) is 6.61 Å². The summed E-state index contributed by atoms with van der Waals surface area (Å²) >= 11 is 0. The van der Waals surface area contributed by atoms with E-state index in [1.165, 1.54) is 17.6 Å². The van der Waals surface area contributed by atoms with E-state index in [1.54, 1.807) is 0 Å². The van der Waals surface area contributed by atoms with Crippen LogP contribution in [0, 0.1) is 23.2 Å². The van der Waals surface area contributed by atoms with Crippen molar-refractivity contribution in [1.29, 1.82) is 0 Å². The molecule has 1 aliphatic heterocycles. The van der Waals surface area contributed by atoms with E-state index in [-0.39, 0.29) is 5.41 Å². The van der Waals surface area contributed by atoms with Gasteiger partial charge in [0.2, 0.25) is 0 Å². The minimum absolute atomic E-state index is 0.211. The highest BCUT2D eigenvalue weighted by molar-refractivity contribution is 5.42. The summed E-state index contributed by atoms with van der Waals surface area (Å²) in [7, 11) is 0. The summed E-state index contributed by atoms with van der Waals surface area (Å²) in [6.07, 6.45) is 9.79. The number of hydrogen-bond acceptors (Lipinski definition) is 1. The van der Waals surface area contributed by atoms with Crippen molar-refractivity contribution in [2.24, 2.45) is 10.8 Å². The Morgan fingerprint density at radius 2 is 2.00 bits per heavy atom. The second kappa shape index (κ2) is 3.42. The van der Waals surface area contributed by atoms with Gasteiger partial charge in [-0.15, -0.1) is 6.42 Å². The molecule has 0 fully saturated rings. The van der Waals surface area contributed by atoms with Gasteiger partial charge in [-0.3, -0.25) is 0 Å². The first-order valence-electron chi connectivity index (χ1n) is 5.88. The summed E-state index contributed by atoms with van der Waals surface area (Å²) in [5, 5.41) is 0. The van der Waals surface area contributed by atoms with Gasteiger partial charge in [0.05, 0.1) is 0 Å². The second-order valence-electron chi connectivity index (χ2n) is 6.36. The summed E-state index contributed by atoms with van der Waals surface area (Å²) < 4.78 is 5.55. The van der Waals surface area contributed by atoms with Crippen molar-refractivity contribution in [2.45, 2.75) is 40.5 Å². The van der Waals surface area contributed by atoms with Gasteiger partial charge < -0.3 is 4.74 Å². The summed E-state index contributed by atoms with van der Waals surface area (Å²) in [6, 6.07) is 0. The molecule has 0 aromatic rings. The van der Waals surface area contributed by atoms with Crippen LogP contribution in [-0.4, -0.2) is 6.61 Å². The average Bonchev–Trinajstić information content (AvgIpc) is 2.14. The Labute approximate surface area is 98.6 Å². The quantitative estimate of drug-likeness (QED) is 0.561. The average molecular weight is 216 g/mol. The highest BCUT2D eigenvalue weighted by atomic mass is 16.5. The molecule has 0 saturated carbocycles. The van der Waals surface area contributed by atoms with E-state index in [4.69, 9.17) is 11.2 Å². The van der Waals surface area contributed by atoms with Gasteiger partial charge in [-0.05, 0) is 46.8 Å². The van der Waals surface area contributed by atoms with E-state index in [2.05, 4.69) is 39.7 Å². The Morgan fingerprint density at radius 3 is 2.62 bits per heavy atom. The number of rotatable bonds is 0. The molecular formula is C15H20O. The molecule has 0 bridgehead atoms. The van der Waals surface area contributed by atoms with E-state index in [1.807, 2.05) is 0 Å². The van der Waals surface area contributed by atoms with Gasteiger partial charge in [-0.1, -0.05) is 27.7 Å². The summed E-state index contributed by atoms with van der Waals surface area (Å²) in [6.45, 7) is 9.95. The van der Waals surface area contributed by atoms with Crippen LogP contribution in [0.3, 0.4) is 0 Å². The fourth-order valence-corrected chi connectivity index (χ4v) is 3.35. The molecule has 0 aromatic carbocycles. The number of hydrogen-bond donors (Lipinski definition) is 0. The second-order valence-corrected chi connectivity index (χ2v) is 6.36. The molecule has 0 spiro atoms. The van der Waals surface area contributed by atoms with Crippen LogP contribution in [0.4, 0.5) is 0 Å². The Morgan fingerprint density at radius 1 is 1.31 bits per heavy atom. The number of ether oxygens (including phenoxy) is 1. The molecule has 0 radical (unpaired) electrons. The van der Waals surface area contributed by atoms with Gasteiger partial charge >= 0.3 is 0 Å². The summed E-state index contributed by atoms with van der Waals surface area (Å²) in [4.78, 5) is 0. The van der Waals surface area contributed by atoms with Crippen LogP contribution < -0.4 is 0 Å². The Bertz CT molecular complexity index is 413. The minimum Gasteiger partial charge on any atom is -0.481 e. The maximum absolute atomic E-state index is 5.55. The molecule has 2 rings (SSSR count). The van der Waals surface area contributed by atoms with Crippen LogP contribution in [0.2, 0.25) is 0 Å². The zero-order valence-corrected chi connectivity index (χ0v) is 10.7. The van der Waals surface area contributed by atoms with Crippen molar-refractivity contribution in [1.82, 2.24) is 0 Å². The predicted molar refractivity (Wildman–Crippen MR) is 66.7 cm³/mol. The van der Waals surface area contributed by atoms with Gasteiger partial charge in [0.25, 0.3) is 0 Å². The van der Waals surface area contributed by atoms with Crippen molar-refractivity contribution in [3.8, 4) is 12.3 Å². The maximum atomic E-state index is 5.55. The van der Waals surface area contributed by atoms with Crippen molar-refractivity contribution in [3.05, 3.63) is 23.0 Å². The standard InChI is InChI=1S/C15H20O/c1-6-12-7-13-11(9-16-12)8-14(2,3)10-15(13,4)5/h1,7H,8-10H2,2-5H3. The first-order valence-corrected chi connectivity index (χ1v) is 5.88. The highest BCUT2D eigenvalue weighted by Gasteiger charge is 2.39. The van der Waals surface area contributed by atoms with Crippen LogP contribution in [-0.2, 0) is 4.74 Å². The lowest BCUT2D eigenvalue weighted by molar-refractivity contribution is 0.167. The van der Waals surface area contributed by atoms with Crippen LogP contribution in [0.15, 0.2) is 23.0 Å². The molecule has 0 aromatic heterocycles. The zero-order valence-electron chi connectivity index (χ0n) is 10.7. The van der Waals surface area contributed by atoms with Crippen LogP contribution in [0.5, 0.6) is 0 Å². The van der Waals surface area contributed by atoms with Crippen molar-refractivity contribution in [2.75, 3.05) is 6.61 Å². The van der Waals surface area contributed by atoms with Crippen molar-refractivity contribution in [3.63, 3.8) is 0 Å². The maximum Gasteiger partial charge on any atom is 0.170 e. The molecule has 0 saturated heterocycles. The van der Waals surface area contributed by atoms with E-state index in [9.17, 15) is 0 Å². The molecule has 1 heteroatoms. The molecular weight excluding hydrogens is 196 g/mol. The van der Waals surface area contributed by atoms with Gasteiger partial charge in [-0.25, -0.2) is 0 Å². The molecule has 86 valence electrons. The summed E-state index contributed by atoms with van der Waals surface area (Å²) in [5.41, 5.74) is 3.42. The molecule has 0 unspecified atom stereocenters. The lowest BCUT2D eigenvalue weighted by Crippen LogP contribution is -2.33. The Hall–Kier alpha value is -1.16. The SMILES string of the molecule is C#CC1=CC2=C(CO1)CC(C)(C)CC2(C)C. The van der Waals surface area contributed by atoms with Crippen LogP contribution in [0.25, 0.3) is 0 Å². The third-order valence-corrected chi connectivity index (χ3v) is 3.54. The third-order valence-electron chi connectivity index (χ3n) is 3.54. The molecule has 1 nitrogen and oxygen atoms in total. The molecule has 0 N–H and O–H groups in total. The van der Waals surface area contributed by atoms with E-state index in [0.717, 1.165) is 6.42 Å². The highest BCUT2D eigenvalue weighted by Crippen LogP contribution is 2.50. The number of terminal acetylenes is 1. The zero-order chi connectivity index (χ0) is 12.0. The largest absolute Gasteiger partial charge is 0.481 e. The lowest BCUT2D eigenvalue weighted by Gasteiger charge is -2.44. The smallest absolute Gasteiger partial charge is 0.170 e. The molecule has 2 aliphatic rings. The van der Waals surface area contributed by atoms with Gasteiger partial charge in [0, 0.05) is 0 Å². The first kappa shape index (κ1) is 11.3. The van der Waals surface area contributed by atoms with E-state index in [0.29, 0.717) is 17.8 Å². The molecule has 0 amide bonds. The lowest BCUT2D eigenvalue weighted by atomic mass is 9.62. The first-order chi connectivity index (χ1) is 7.34. The Balaban J connectivity index is 2.46. The monoisotopic (exact) mass is 216 g/mol. The van der Waals surface area contributed by atoms with Crippen LogP contribution in [0.1, 0.15) is 40.5 Å². The van der Waals surface area contributed by atoms with Crippen LogP contribution >= 0.6 is 0 Å². The van der Waals surface area contributed by atoms with Gasteiger partial charge in [0.15, 0.2) is 5.76 Å². The molecule has 1 heterocycles. The molecule has 1 aliphatic carbocycles. The topological polar surface area (TPSA) is 9.23 Å². The van der Waals surface area contributed by atoms with E-state index < -0.39 is 0 Å². The Kier molecular flexibility index (Phi) is 2.42. The summed E-state index contributed by atoms with van der Waals surface area (Å²) in [5.74, 6) is 3.29. The van der Waals surface area contributed by atoms with Crippen molar-refractivity contribution < 1.29 is 4.74 Å². The third kappa shape index (κ3) is 1.89. The fourth-order valence-electron chi connectivity index (χ4n) is 3.35. The minimum atomic E-state index is 0.211. The molecule has 16 heavy (non-hydrogen) atoms. The normalized spacial score (nSPS) is 26.3. The van der Waals surface area contributed by atoms with Crippen molar-refractivity contribution >= 4 is 0 Å². The predicted octanol–water partition coefficient (Wildman–Crippen LogP) is 3.68. The fraction of sp³-hybridized carbons (Fsp3) is 0.600. The van der Waals surface area contributed by atoms with E-state index >= 15 is 0 Å². The number of allylic oxidation sites excluding steroid dienone is 3. The molecule has 0 atom stereocenters. The van der Waals surface area contributed by atoms with Gasteiger partial charge in [-0.2, -0.15) is 0 Å².